The second-order valence-electron chi connectivity index (χ2n) is 5.95. The van der Waals surface area contributed by atoms with E-state index in [0.29, 0.717) is 6.04 Å². The van der Waals surface area contributed by atoms with E-state index < -0.39 is 0 Å². The molecule has 1 aromatic rings. The van der Waals surface area contributed by atoms with Crippen molar-refractivity contribution < 1.29 is 4.74 Å². The Morgan fingerprint density at radius 3 is 2.96 bits per heavy atom. The van der Waals surface area contributed by atoms with Crippen LogP contribution in [0.1, 0.15) is 18.4 Å². The fourth-order valence-corrected chi connectivity index (χ4v) is 3.84. The Labute approximate surface area is 165 Å². The van der Waals surface area contributed by atoms with Gasteiger partial charge in [-0.1, -0.05) is 0 Å². The summed E-state index contributed by atoms with van der Waals surface area (Å²) < 4.78 is 5.46. The van der Waals surface area contributed by atoms with Crippen molar-refractivity contribution in [1.82, 2.24) is 20.1 Å². The molecule has 6 nitrogen and oxygen atoms in total. The fraction of sp³-hybridized carbons (Fsp3) is 0.750. The van der Waals surface area contributed by atoms with Crippen LogP contribution in [0.25, 0.3) is 0 Å². The number of nitrogens with zero attached hydrogens (tertiary/aromatic N) is 4. The average molecular weight is 465 g/mol. The molecule has 3 rings (SSSR count). The topological polar surface area (TPSA) is 53.0 Å². The lowest BCUT2D eigenvalue weighted by Gasteiger charge is -2.32. The first-order chi connectivity index (χ1) is 11.4. The Kier molecular flexibility index (Phi) is 8.71. The number of morpholine rings is 1. The van der Waals surface area contributed by atoms with E-state index in [1.807, 2.05) is 11.6 Å². The number of ether oxygens (including phenoxy) is 1. The number of hydrogen-bond acceptors (Lipinski definition) is 5. The summed E-state index contributed by atoms with van der Waals surface area (Å²) in [4.78, 5) is 14.1. The number of aromatic nitrogens is 1. The van der Waals surface area contributed by atoms with Crippen molar-refractivity contribution in [2.24, 2.45) is 4.99 Å². The summed E-state index contributed by atoms with van der Waals surface area (Å²) in [6.07, 6.45) is 4.01. The Bertz CT molecular complexity index is 493. The van der Waals surface area contributed by atoms with E-state index >= 15 is 0 Å². The van der Waals surface area contributed by atoms with E-state index in [9.17, 15) is 0 Å². The lowest BCUT2D eigenvalue weighted by atomic mass is 10.2. The second kappa shape index (κ2) is 10.5. The molecule has 1 aromatic heterocycles. The van der Waals surface area contributed by atoms with Gasteiger partial charge < -0.3 is 15.0 Å². The van der Waals surface area contributed by atoms with Crippen molar-refractivity contribution in [3.05, 3.63) is 16.6 Å². The predicted octanol–water partition coefficient (Wildman–Crippen LogP) is 1.68. The number of halogens is 1. The van der Waals surface area contributed by atoms with Gasteiger partial charge >= 0.3 is 0 Å². The van der Waals surface area contributed by atoms with Crippen molar-refractivity contribution >= 4 is 41.3 Å². The third kappa shape index (κ3) is 5.53. The van der Waals surface area contributed by atoms with Gasteiger partial charge in [0.2, 0.25) is 0 Å². The summed E-state index contributed by atoms with van der Waals surface area (Å²) in [5.74, 6) is 1.06. The highest BCUT2D eigenvalue weighted by Crippen LogP contribution is 2.17. The highest BCUT2D eigenvalue weighted by atomic mass is 127. The molecule has 2 saturated heterocycles. The summed E-state index contributed by atoms with van der Waals surface area (Å²) in [5, 5.41) is 6.63. The maximum Gasteiger partial charge on any atom is 0.193 e. The molecule has 2 fully saturated rings. The number of aliphatic imine (C=N–C) groups is 1. The van der Waals surface area contributed by atoms with Crippen LogP contribution in [0.3, 0.4) is 0 Å². The highest BCUT2D eigenvalue weighted by Gasteiger charge is 2.30. The van der Waals surface area contributed by atoms with Gasteiger partial charge in [0, 0.05) is 63.3 Å². The quantitative estimate of drug-likeness (QED) is 0.408. The molecule has 136 valence electrons. The monoisotopic (exact) mass is 465 g/mol. The van der Waals surface area contributed by atoms with Crippen LogP contribution in [0.5, 0.6) is 0 Å². The number of likely N-dealkylation sites (tertiary alicyclic amines) is 1. The first kappa shape index (κ1) is 19.9. The Balaban J connectivity index is 0.00000208. The number of guanidine groups is 1. The van der Waals surface area contributed by atoms with Crippen molar-refractivity contribution in [3.8, 4) is 0 Å². The lowest BCUT2D eigenvalue weighted by Crippen LogP contribution is -2.46. The smallest absolute Gasteiger partial charge is 0.193 e. The van der Waals surface area contributed by atoms with E-state index in [-0.39, 0.29) is 24.0 Å². The summed E-state index contributed by atoms with van der Waals surface area (Å²) in [6.45, 7) is 9.88. The minimum absolute atomic E-state index is 0. The van der Waals surface area contributed by atoms with Crippen LogP contribution >= 0.6 is 35.3 Å². The molecule has 0 spiro atoms. The third-order valence-corrected chi connectivity index (χ3v) is 5.27. The van der Waals surface area contributed by atoms with Gasteiger partial charge in [-0.15, -0.1) is 35.3 Å². The molecule has 2 aliphatic heterocycles. The van der Waals surface area contributed by atoms with Gasteiger partial charge in [-0.2, -0.15) is 0 Å². The number of hydrogen-bond donors (Lipinski definition) is 1. The molecule has 1 atom stereocenters. The Hall–Kier alpha value is -0.450. The third-order valence-electron chi connectivity index (χ3n) is 4.43. The Morgan fingerprint density at radius 1 is 1.42 bits per heavy atom. The van der Waals surface area contributed by atoms with E-state index in [2.05, 4.69) is 27.0 Å². The molecule has 0 amide bonds. The van der Waals surface area contributed by atoms with Gasteiger partial charge in [-0.25, -0.2) is 4.98 Å². The summed E-state index contributed by atoms with van der Waals surface area (Å²) >= 11 is 1.71. The van der Waals surface area contributed by atoms with Crippen molar-refractivity contribution in [3.63, 3.8) is 0 Å². The van der Waals surface area contributed by atoms with E-state index in [4.69, 9.17) is 9.73 Å². The molecule has 0 saturated carbocycles. The molecule has 1 N–H and O–H groups in total. The van der Waals surface area contributed by atoms with Gasteiger partial charge in [-0.3, -0.25) is 9.89 Å². The Morgan fingerprint density at radius 2 is 2.25 bits per heavy atom. The molecule has 0 aliphatic carbocycles. The zero-order chi connectivity index (χ0) is 15.9. The minimum Gasteiger partial charge on any atom is -0.379 e. The fourth-order valence-electron chi connectivity index (χ4n) is 3.23. The molecule has 1 unspecified atom stereocenters. The minimum atomic E-state index is 0. The molecular formula is C16H28IN5OS. The van der Waals surface area contributed by atoms with E-state index in [1.165, 1.54) is 6.42 Å². The molecule has 3 heterocycles. The van der Waals surface area contributed by atoms with Crippen LogP contribution in [0.2, 0.25) is 0 Å². The summed E-state index contributed by atoms with van der Waals surface area (Å²) in [7, 11) is 0. The van der Waals surface area contributed by atoms with Gasteiger partial charge in [0.15, 0.2) is 5.96 Å². The van der Waals surface area contributed by atoms with Crippen LogP contribution in [-0.2, 0) is 11.2 Å². The number of rotatable bonds is 5. The predicted molar refractivity (Wildman–Crippen MR) is 110 cm³/mol. The molecular weight excluding hydrogens is 437 g/mol. The highest BCUT2D eigenvalue weighted by molar-refractivity contribution is 14.0. The van der Waals surface area contributed by atoms with E-state index in [1.54, 1.807) is 11.3 Å². The van der Waals surface area contributed by atoms with Crippen molar-refractivity contribution in [1.29, 1.82) is 0 Å². The van der Waals surface area contributed by atoms with Crippen molar-refractivity contribution in [2.45, 2.75) is 25.8 Å². The maximum atomic E-state index is 5.46. The summed E-state index contributed by atoms with van der Waals surface area (Å²) in [6, 6.07) is 0.640. The average Bonchev–Trinajstić information content (AvgIpc) is 3.27. The van der Waals surface area contributed by atoms with Gasteiger partial charge in [0.25, 0.3) is 0 Å². The lowest BCUT2D eigenvalue weighted by molar-refractivity contribution is 0.0195. The molecule has 0 bridgehead atoms. The van der Waals surface area contributed by atoms with Crippen LogP contribution in [0.4, 0.5) is 0 Å². The largest absolute Gasteiger partial charge is 0.379 e. The number of nitrogens with one attached hydrogen (secondary N) is 1. The maximum absolute atomic E-state index is 5.46. The molecule has 0 radical (unpaired) electrons. The zero-order valence-corrected chi connectivity index (χ0v) is 17.5. The van der Waals surface area contributed by atoms with Crippen LogP contribution < -0.4 is 5.32 Å². The van der Waals surface area contributed by atoms with Crippen LogP contribution in [0.15, 0.2) is 16.6 Å². The van der Waals surface area contributed by atoms with Crippen LogP contribution in [-0.4, -0.2) is 79.3 Å². The van der Waals surface area contributed by atoms with E-state index in [0.717, 1.165) is 69.9 Å². The van der Waals surface area contributed by atoms with Gasteiger partial charge in [0.05, 0.1) is 18.2 Å². The molecule has 2 aliphatic rings. The van der Waals surface area contributed by atoms with Gasteiger partial charge in [0.1, 0.15) is 0 Å². The zero-order valence-electron chi connectivity index (χ0n) is 14.3. The number of thiazole rings is 1. The standard InChI is InChI=1S/C16H27N5OS.HI/c1-2-17-16(19-5-3-15-18-6-12-23-15)21-7-4-14(13-21)20-8-10-22-11-9-20;/h6,12,14H,2-5,7-11,13H2,1H3,(H,17,19);1H. The normalized spacial score (nSPS) is 22.5. The second-order valence-corrected chi connectivity index (χ2v) is 6.93. The molecule has 24 heavy (non-hydrogen) atoms. The first-order valence-electron chi connectivity index (χ1n) is 8.60. The van der Waals surface area contributed by atoms with Crippen LogP contribution in [0, 0.1) is 0 Å². The van der Waals surface area contributed by atoms with Gasteiger partial charge in [-0.05, 0) is 13.3 Å². The van der Waals surface area contributed by atoms with Crippen molar-refractivity contribution in [2.75, 3.05) is 52.5 Å². The molecule has 0 aromatic carbocycles. The SMILES string of the molecule is CCNC(=NCCc1nccs1)N1CCC(N2CCOCC2)C1.I. The molecule has 8 heteroatoms. The summed E-state index contributed by atoms with van der Waals surface area (Å²) in [5.41, 5.74) is 0. The first-order valence-corrected chi connectivity index (χ1v) is 9.48.